The number of hydrogen-bond acceptors (Lipinski definition) is 3. The molecule has 144 valence electrons. The number of H-pyrrole nitrogens is 1. The number of aryl methyl sites for hydroxylation is 1. The lowest BCUT2D eigenvalue weighted by Crippen LogP contribution is -2.16. The van der Waals surface area contributed by atoms with Crippen LogP contribution in [0.25, 0.3) is 22.2 Å². The molecule has 3 rings (SSSR count). The summed E-state index contributed by atoms with van der Waals surface area (Å²) in [6.45, 7) is 0. The highest BCUT2D eigenvalue weighted by molar-refractivity contribution is 5.91. The summed E-state index contributed by atoms with van der Waals surface area (Å²) in [6, 6.07) is 12.6. The maximum Gasteiger partial charge on any atom is 0.573 e. The van der Waals surface area contributed by atoms with Gasteiger partial charge < -0.3 is 14.8 Å². The number of aromatic nitrogens is 1. The molecule has 3 aromatic rings. The van der Waals surface area contributed by atoms with Gasteiger partial charge in [-0.2, -0.15) is 5.26 Å². The van der Waals surface area contributed by atoms with Gasteiger partial charge in [0.05, 0.1) is 11.6 Å². The summed E-state index contributed by atoms with van der Waals surface area (Å²) in [4.78, 5) is 14.1. The zero-order valence-electron chi connectivity index (χ0n) is 14.5. The third kappa shape index (κ3) is 4.43. The highest BCUT2D eigenvalue weighted by atomic mass is 19.4. The van der Waals surface area contributed by atoms with Gasteiger partial charge in [0.1, 0.15) is 5.75 Å². The lowest BCUT2D eigenvalue weighted by Gasteiger charge is -2.10. The molecule has 0 amide bonds. The minimum Gasteiger partial charge on any atom is -0.481 e. The number of benzene rings is 2. The van der Waals surface area contributed by atoms with E-state index in [4.69, 9.17) is 10.4 Å². The molecule has 0 saturated carbocycles. The van der Waals surface area contributed by atoms with Crippen molar-refractivity contribution >= 4 is 16.9 Å². The SMILES string of the molecule is N#Cc1ccc2[nH]c(-c3ccc(OC(F)(F)F)cc3)c(CCCC(=O)O)c2c1. The Morgan fingerprint density at radius 1 is 1.18 bits per heavy atom. The van der Waals surface area contributed by atoms with E-state index in [2.05, 4.69) is 15.8 Å². The van der Waals surface area contributed by atoms with Crippen LogP contribution in [0.15, 0.2) is 42.5 Å². The number of aromatic amines is 1. The summed E-state index contributed by atoms with van der Waals surface area (Å²) >= 11 is 0. The number of carbonyl (C=O) groups is 1. The van der Waals surface area contributed by atoms with Crippen molar-refractivity contribution < 1.29 is 27.8 Å². The van der Waals surface area contributed by atoms with Crippen LogP contribution in [-0.4, -0.2) is 22.4 Å². The van der Waals surface area contributed by atoms with Gasteiger partial charge in [0.25, 0.3) is 0 Å². The van der Waals surface area contributed by atoms with E-state index in [1.165, 1.54) is 24.3 Å². The van der Waals surface area contributed by atoms with Gasteiger partial charge in [0.15, 0.2) is 0 Å². The summed E-state index contributed by atoms with van der Waals surface area (Å²) < 4.78 is 40.9. The van der Waals surface area contributed by atoms with E-state index in [0.29, 0.717) is 29.7 Å². The molecular weight excluding hydrogens is 373 g/mol. The quantitative estimate of drug-likeness (QED) is 0.621. The molecule has 0 aliphatic carbocycles. The second-order valence-corrected chi connectivity index (χ2v) is 6.17. The average molecular weight is 388 g/mol. The molecule has 0 spiro atoms. The number of rotatable bonds is 6. The monoisotopic (exact) mass is 388 g/mol. The molecule has 0 aliphatic heterocycles. The van der Waals surface area contributed by atoms with Crippen molar-refractivity contribution in [1.29, 1.82) is 5.26 Å². The number of alkyl halides is 3. The predicted octanol–water partition coefficient (Wildman–Crippen LogP) is 5.01. The third-order valence-electron chi connectivity index (χ3n) is 4.23. The Bertz CT molecular complexity index is 1050. The van der Waals surface area contributed by atoms with Crippen LogP contribution in [0.5, 0.6) is 5.75 Å². The fourth-order valence-corrected chi connectivity index (χ4v) is 3.06. The average Bonchev–Trinajstić information content (AvgIpc) is 2.98. The first-order valence-electron chi connectivity index (χ1n) is 8.39. The molecule has 1 aromatic heterocycles. The highest BCUT2D eigenvalue weighted by Gasteiger charge is 2.31. The Labute approximate surface area is 158 Å². The number of halogens is 3. The number of nitriles is 1. The number of ether oxygens (including phenoxy) is 1. The summed E-state index contributed by atoms with van der Waals surface area (Å²) in [5.74, 6) is -1.24. The molecule has 0 fully saturated rings. The smallest absolute Gasteiger partial charge is 0.481 e. The standard InChI is InChI=1S/C20H15F3N2O3/c21-20(22,23)28-14-7-5-13(6-8-14)19-15(2-1-3-18(26)27)16-10-12(11-24)4-9-17(16)25-19/h4-10,25H,1-3H2,(H,26,27). The number of carboxylic acids is 1. The van der Waals surface area contributed by atoms with Crippen LogP contribution >= 0.6 is 0 Å². The maximum atomic E-state index is 12.3. The summed E-state index contributed by atoms with van der Waals surface area (Å²) in [5.41, 5.74) is 3.35. The van der Waals surface area contributed by atoms with Crippen LogP contribution in [-0.2, 0) is 11.2 Å². The van der Waals surface area contributed by atoms with Crippen LogP contribution in [0.2, 0.25) is 0 Å². The Kier molecular flexibility index (Phi) is 5.27. The first kappa shape index (κ1) is 19.3. The minimum absolute atomic E-state index is 0.0115. The van der Waals surface area contributed by atoms with Crippen molar-refractivity contribution in [2.45, 2.75) is 25.6 Å². The Morgan fingerprint density at radius 2 is 1.89 bits per heavy atom. The van der Waals surface area contributed by atoms with Crippen molar-refractivity contribution in [3.63, 3.8) is 0 Å². The molecule has 0 radical (unpaired) electrons. The molecule has 28 heavy (non-hydrogen) atoms. The molecule has 2 N–H and O–H groups in total. The molecule has 0 unspecified atom stereocenters. The van der Waals surface area contributed by atoms with E-state index in [1.807, 2.05) is 0 Å². The van der Waals surface area contributed by atoms with Gasteiger partial charge >= 0.3 is 12.3 Å². The summed E-state index contributed by atoms with van der Waals surface area (Å²) in [7, 11) is 0. The van der Waals surface area contributed by atoms with Gasteiger partial charge in [-0.3, -0.25) is 4.79 Å². The van der Waals surface area contributed by atoms with Crippen LogP contribution in [0.3, 0.4) is 0 Å². The Hall–Kier alpha value is -3.47. The van der Waals surface area contributed by atoms with Crippen molar-refractivity contribution in [1.82, 2.24) is 4.98 Å². The molecule has 1 heterocycles. The molecule has 0 saturated heterocycles. The molecule has 5 nitrogen and oxygen atoms in total. The van der Waals surface area contributed by atoms with Gasteiger partial charge in [-0.15, -0.1) is 13.2 Å². The Balaban J connectivity index is 2.01. The fraction of sp³-hybridized carbons (Fsp3) is 0.200. The van der Waals surface area contributed by atoms with Crippen LogP contribution < -0.4 is 4.74 Å². The van der Waals surface area contributed by atoms with Gasteiger partial charge in [-0.25, -0.2) is 0 Å². The Morgan fingerprint density at radius 3 is 2.50 bits per heavy atom. The fourth-order valence-electron chi connectivity index (χ4n) is 3.06. The summed E-state index contributed by atoms with van der Waals surface area (Å²) in [6.07, 6.45) is -3.95. The van der Waals surface area contributed by atoms with Crippen molar-refractivity contribution in [2.24, 2.45) is 0 Å². The maximum absolute atomic E-state index is 12.3. The molecule has 0 aliphatic rings. The minimum atomic E-state index is -4.77. The molecular formula is C20H15F3N2O3. The number of aliphatic carboxylic acids is 1. The van der Waals surface area contributed by atoms with Crippen molar-refractivity contribution in [3.05, 3.63) is 53.6 Å². The van der Waals surface area contributed by atoms with Crippen LogP contribution in [0.4, 0.5) is 13.2 Å². The number of fused-ring (bicyclic) bond motifs is 1. The van der Waals surface area contributed by atoms with E-state index in [1.54, 1.807) is 18.2 Å². The van der Waals surface area contributed by atoms with Crippen molar-refractivity contribution in [2.75, 3.05) is 0 Å². The lowest BCUT2D eigenvalue weighted by molar-refractivity contribution is -0.274. The van der Waals surface area contributed by atoms with Crippen molar-refractivity contribution in [3.8, 4) is 23.1 Å². The second kappa shape index (κ2) is 7.64. The third-order valence-corrected chi connectivity index (χ3v) is 4.23. The van der Waals surface area contributed by atoms with E-state index in [9.17, 15) is 18.0 Å². The van der Waals surface area contributed by atoms with Gasteiger partial charge in [-0.1, -0.05) is 0 Å². The number of carboxylic acid groups (broad SMARTS) is 1. The van der Waals surface area contributed by atoms with Crippen LogP contribution in [0.1, 0.15) is 24.0 Å². The first-order chi connectivity index (χ1) is 13.3. The number of nitrogens with zero attached hydrogens (tertiary/aromatic N) is 1. The normalized spacial score (nSPS) is 11.4. The van der Waals surface area contributed by atoms with Gasteiger partial charge in [0, 0.05) is 23.0 Å². The molecule has 8 heteroatoms. The summed E-state index contributed by atoms with van der Waals surface area (Å²) in [5, 5.41) is 18.8. The van der Waals surface area contributed by atoms with E-state index >= 15 is 0 Å². The van der Waals surface area contributed by atoms with E-state index in [-0.39, 0.29) is 12.2 Å². The number of hydrogen-bond donors (Lipinski definition) is 2. The molecule has 0 atom stereocenters. The van der Waals surface area contributed by atoms with E-state index < -0.39 is 12.3 Å². The second-order valence-electron chi connectivity index (χ2n) is 6.17. The molecule has 2 aromatic carbocycles. The predicted molar refractivity (Wildman–Crippen MR) is 95.7 cm³/mol. The zero-order chi connectivity index (χ0) is 20.3. The molecule has 0 bridgehead atoms. The topological polar surface area (TPSA) is 86.1 Å². The first-order valence-corrected chi connectivity index (χ1v) is 8.39. The number of nitrogens with one attached hydrogen (secondary N) is 1. The lowest BCUT2D eigenvalue weighted by atomic mass is 9.99. The zero-order valence-corrected chi connectivity index (χ0v) is 14.5. The van der Waals surface area contributed by atoms with E-state index in [0.717, 1.165) is 16.5 Å². The van der Waals surface area contributed by atoms with Gasteiger partial charge in [-0.05, 0) is 66.4 Å². The van der Waals surface area contributed by atoms with Crippen LogP contribution in [0, 0.1) is 11.3 Å². The highest BCUT2D eigenvalue weighted by Crippen LogP contribution is 2.33. The largest absolute Gasteiger partial charge is 0.573 e. The van der Waals surface area contributed by atoms with Gasteiger partial charge in [0.2, 0.25) is 0 Å².